The van der Waals surface area contributed by atoms with Crippen molar-refractivity contribution >= 4 is 5.82 Å². The van der Waals surface area contributed by atoms with E-state index in [1.54, 1.807) is 12.4 Å². The lowest BCUT2D eigenvalue weighted by Gasteiger charge is -2.04. The highest BCUT2D eigenvalue weighted by Crippen LogP contribution is 2.39. The third kappa shape index (κ3) is 1.56. The Morgan fingerprint density at radius 2 is 2.12 bits per heavy atom. The van der Waals surface area contributed by atoms with Crippen molar-refractivity contribution in [3.05, 3.63) is 36.2 Å². The van der Waals surface area contributed by atoms with E-state index in [-0.39, 0.29) is 0 Å². The normalized spacial score (nSPS) is 14.5. The number of nitrogen functional groups attached to an aromatic ring is 1. The van der Waals surface area contributed by atoms with Gasteiger partial charge in [-0.25, -0.2) is 4.98 Å². The number of nitrogens with zero attached hydrogens (tertiary/aromatic N) is 3. The van der Waals surface area contributed by atoms with E-state index >= 15 is 0 Å². The van der Waals surface area contributed by atoms with Gasteiger partial charge in [0.05, 0.1) is 18.0 Å². The van der Waals surface area contributed by atoms with Gasteiger partial charge in [-0.15, -0.1) is 0 Å². The van der Waals surface area contributed by atoms with Crippen molar-refractivity contribution in [2.24, 2.45) is 0 Å². The summed E-state index contributed by atoms with van der Waals surface area (Å²) >= 11 is 0. The van der Waals surface area contributed by atoms with Crippen LogP contribution in [0.25, 0.3) is 11.3 Å². The van der Waals surface area contributed by atoms with Gasteiger partial charge >= 0.3 is 0 Å². The SMILES string of the molecule is N#Cc1ccccc1-c1ncn(C2CC2)c1N. The molecule has 4 nitrogen and oxygen atoms in total. The van der Waals surface area contributed by atoms with Gasteiger partial charge in [0, 0.05) is 11.6 Å². The third-order valence-electron chi connectivity index (χ3n) is 3.07. The number of imidazole rings is 1. The molecule has 0 amide bonds. The minimum absolute atomic E-state index is 0.505. The summed E-state index contributed by atoms with van der Waals surface area (Å²) in [6.45, 7) is 0. The molecule has 0 unspecified atom stereocenters. The second-order valence-electron chi connectivity index (χ2n) is 4.27. The minimum Gasteiger partial charge on any atom is -0.383 e. The van der Waals surface area contributed by atoms with Gasteiger partial charge in [0.2, 0.25) is 0 Å². The molecule has 1 saturated carbocycles. The largest absolute Gasteiger partial charge is 0.383 e. The van der Waals surface area contributed by atoms with Gasteiger partial charge in [-0.1, -0.05) is 18.2 Å². The van der Waals surface area contributed by atoms with E-state index in [4.69, 9.17) is 11.0 Å². The molecule has 3 rings (SSSR count). The van der Waals surface area contributed by atoms with Crippen LogP contribution in [-0.4, -0.2) is 9.55 Å². The topological polar surface area (TPSA) is 67.6 Å². The van der Waals surface area contributed by atoms with Crippen LogP contribution in [0.15, 0.2) is 30.6 Å². The molecule has 0 spiro atoms. The van der Waals surface area contributed by atoms with Crippen molar-refractivity contribution in [2.75, 3.05) is 5.73 Å². The first kappa shape index (κ1) is 9.91. The zero-order chi connectivity index (χ0) is 11.8. The molecule has 0 bridgehead atoms. The van der Waals surface area contributed by atoms with Crippen LogP contribution < -0.4 is 5.73 Å². The number of aromatic nitrogens is 2. The number of rotatable bonds is 2. The van der Waals surface area contributed by atoms with Gasteiger partial charge in [0.1, 0.15) is 11.5 Å². The molecule has 0 saturated heterocycles. The van der Waals surface area contributed by atoms with Crippen LogP contribution in [-0.2, 0) is 0 Å². The molecule has 1 heterocycles. The lowest BCUT2D eigenvalue weighted by Crippen LogP contribution is -1.99. The Labute approximate surface area is 99.3 Å². The summed E-state index contributed by atoms with van der Waals surface area (Å²) in [6, 6.07) is 10.1. The summed E-state index contributed by atoms with van der Waals surface area (Å²) in [5, 5.41) is 9.07. The van der Waals surface area contributed by atoms with Crippen LogP contribution in [0, 0.1) is 11.3 Å². The lowest BCUT2D eigenvalue weighted by molar-refractivity contribution is 0.751. The number of nitriles is 1. The van der Waals surface area contributed by atoms with Crippen LogP contribution in [0.4, 0.5) is 5.82 Å². The molecule has 17 heavy (non-hydrogen) atoms. The maximum Gasteiger partial charge on any atom is 0.131 e. The second-order valence-corrected chi connectivity index (χ2v) is 4.27. The Morgan fingerprint density at radius 3 is 2.82 bits per heavy atom. The highest BCUT2D eigenvalue weighted by molar-refractivity contribution is 5.75. The molecule has 84 valence electrons. The highest BCUT2D eigenvalue weighted by atomic mass is 15.2. The molecule has 0 radical (unpaired) electrons. The van der Waals surface area contributed by atoms with Crippen molar-refractivity contribution in [2.45, 2.75) is 18.9 Å². The Balaban J connectivity index is 2.12. The molecule has 2 N–H and O–H groups in total. The van der Waals surface area contributed by atoms with Gasteiger partial charge in [0.25, 0.3) is 0 Å². The molecule has 0 atom stereocenters. The van der Waals surface area contributed by atoms with Gasteiger partial charge < -0.3 is 10.3 Å². The fourth-order valence-corrected chi connectivity index (χ4v) is 2.01. The summed E-state index contributed by atoms with van der Waals surface area (Å²) in [5.41, 5.74) is 8.23. The molecule has 1 aliphatic carbocycles. The van der Waals surface area contributed by atoms with Crippen molar-refractivity contribution in [3.63, 3.8) is 0 Å². The Bertz CT molecular complexity index is 602. The first-order chi connectivity index (χ1) is 8.31. The van der Waals surface area contributed by atoms with E-state index in [1.807, 2.05) is 22.8 Å². The summed E-state index contributed by atoms with van der Waals surface area (Å²) < 4.78 is 2.00. The number of hydrogen-bond donors (Lipinski definition) is 1. The molecule has 1 aromatic heterocycles. The van der Waals surface area contributed by atoms with Gasteiger partial charge in [-0.05, 0) is 18.9 Å². The number of nitrogens with two attached hydrogens (primary N) is 1. The van der Waals surface area contributed by atoms with Crippen molar-refractivity contribution < 1.29 is 0 Å². The fraction of sp³-hybridized carbons (Fsp3) is 0.231. The standard InChI is InChI=1S/C13H12N4/c14-7-9-3-1-2-4-11(9)12-13(15)17(8-16-12)10-5-6-10/h1-4,8,10H,5-6,15H2. The quantitative estimate of drug-likeness (QED) is 0.851. The number of hydrogen-bond acceptors (Lipinski definition) is 3. The van der Waals surface area contributed by atoms with Crippen LogP contribution in [0.3, 0.4) is 0 Å². The van der Waals surface area contributed by atoms with E-state index in [0.717, 1.165) is 5.56 Å². The molecule has 1 fully saturated rings. The summed E-state index contributed by atoms with van der Waals surface area (Å²) in [4.78, 5) is 4.34. The molecule has 4 heteroatoms. The van der Waals surface area contributed by atoms with Crippen molar-refractivity contribution in [1.29, 1.82) is 5.26 Å². The number of benzene rings is 1. The van der Waals surface area contributed by atoms with Gasteiger partial charge in [-0.2, -0.15) is 5.26 Å². The van der Waals surface area contributed by atoms with Gasteiger partial charge in [-0.3, -0.25) is 0 Å². The minimum atomic E-state index is 0.505. The third-order valence-corrected chi connectivity index (χ3v) is 3.07. The molecule has 1 aromatic carbocycles. The van der Waals surface area contributed by atoms with E-state index in [1.165, 1.54) is 12.8 Å². The Kier molecular flexibility index (Phi) is 2.12. The fourth-order valence-electron chi connectivity index (χ4n) is 2.01. The van der Waals surface area contributed by atoms with Crippen LogP contribution in [0.5, 0.6) is 0 Å². The van der Waals surface area contributed by atoms with E-state index < -0.39 is 0 Å². The van der Waals surface area contributed by atoms with Crippen molar-refractivity contribution in [1.82, 2.24) is 9.55 Å². The summed E-state index contributed by atoms with van der Waals surface area (Å²) in [5.74, 6) is 0.662. The van der Waals surface area contributed by atoms with E-state index in [9.17, 15) is 0 Å². The van der Waals surface area contributed by atoms with Gasteiger partial charge in [0.15, 0.2) is 0 Å². The predicted octanol–water partition coefficient (Wildman–Crippen LogP) is 2.34. The second kappa shape index (κ2) is 3.63. The maximum atomic E-state index is 9.07. The highest BCUT2D eigenvalue weighted by Gasteiger charge is 2.26. The molecular formula is C13H12N4. The predicted molar refractivity (Wildman–Crippen MR) is 65.1 cm³/mol. The average Bonchev–Trinajstić information content (AvgIpc) is 3.13. The zero-order valence-corrected chi connectivity index (χ0v) is 9.30. The van der Waals surface area contributed by atoms with E-state index in [2.05, 4.69) is 11.1 Å². The van der Waals surface area contributed by atoms with Crippen LogP contribution >= 0.6 is 0 Å². The molecular weight excluding hydrogens is 212 g/mol. The van der Waals surface area contributed by atoms with Crippen LogP contribution in [0.1, 0.15) is 24.4 Å². The zero-order valence-electron chi connectivity index (χ0n) is 9.30. The average molecular weight is 224 g/mol. The Morgan fingerprint density at radius 1 is 1.35 bits per heavy atom. The first-order valence-corrected chi connectivity index (χ1v) is 5.63. The monoisotopic (exact) mass is 224 g/mol. The Hall–Kier alpha value is -2.28. The molecule has 0 aliphatic heterocycles. The van der Waals surface area contributed by atoms with Crippen molar-refractivity contribution in [3.8, 4) is 17.3 Å². The van der Waals surface area contributed by atoms with Crippen LogP contribution in [0.2, 0.25) is 0 Å². The first-order valence-electron chi connectivity index (χ1n) is 5.63. The maximum absolute atomic E-state index is 9.07. The smallest absolute Gasteiger partial charge is 0.131 e. The lowest BCUT2D eigenvalue weighted by atomic mass is 10.1. The molecule has 2 aromatic rings. The number of anilines is 1. The summed E-state index contributed by atoms with van der Waals surface area (Å²) in [7, 11) is 0. The summed E-state index contributed by atoms with van der Waals surface area (Å²) in [6.07, 6.45) is 4.11. The van der Waals surface area contributed by atoms with E-state index in [0.29, 0.717) is 23.1 Å². The molecule has 1 aliphatic rings.